The highest BCUT2D eigenvalue weighted by molar-refractivity contribution is 7.17. The van der Waals surface area contributed by atoms with Gasteiger partial charge in [0.1, 0.15) is 5.00 Å². The number of ether oxygens (including phenoxy) is 1. The Morgan fingerprint density at radius 1 is 1.38 bits per heavy atom. The van der Waals surface area contributed by atoms with Crippen molar-refractivity contribution in [3.05, 3.63) is 16.0 Å². The number of carbonyl (C=O) groups excluding carboxylic acids is 2. The van der Waals surface area contributed by atoms with E-state index in [9.17, 15) is 9.59 Å². The van der Waals surface area contributed by atoms with E-state index in [0.29, 0.717) is 23.1 Å². The van der Waals surface area contributed by atoms with Gasteiger partial charge < -0.3 is 15.4 Å². The molecule has 2 unspecified atom stereocenters. The molecule has 1 aliphatic carbocycles. The minimum Gasteiger partial charge on any atom is -0.462 e. The van der Waals surface area contributed by atoms with E-state index in [0.717, 1.165) is 31.2 Å². The number of amides is 1. The molecule has 2 N–H and O–H groups in total. The van der Waals surface area contributed by atoms with Crippen molar-refractivity contribution >= 4 is 28.2 Å². The number of fused-ring (bicyclic) bond motifs is 1. The number of carbonyl (C=O) groups is 2. The summed E-state index contributed by atoms with van der Waals surface area (Å²) in [5.41, 5.74) is 1.64. The fraction of sp³-hybridized carbons (Fsp3) is 0.667. The first-order valence-corrected chi connectivity index (χ1v) is 9.62. The molecular formula is C18H28N2O3S. The second-order valence-corrected chi connectivity index (χ2v) is 7.62. The van der Waals surface area contributed by atoms with E-state index in [1.807, 2.05) is 6.92 Å². The maximum atomic E-state index is 12.4. The smallest absolute Gasteiger partial charge is 0.341 e. The Balaban J connectivity index is 2.18. The van der Waals surface area contributed by atoms with Crippen LogP contribution in [0.15, 0.2) is 0 Å². The highest BCUT2D eigenvalue weighted by Gasteiger charge is 2.29. The summed E-state index contributed by atoms with van der Waals surface area (Å²) in [5.74, 6) is 0.170. The lowest BCUT2D eigenvalue weighted by Crippen LogP contribution is -2.34. The first-order valence-electron chi connectivity index (χ1n) is 8.81. The average Bonchev–Trinajstić information content (AvgIpc) is 2.89. The van der Waals surface area contributed by atoms with Gasteiger partial charge in [-0.2, -0.15) is 0 Å². The number of rotatable bonds is 7. The quantitative estimate of drug-likeness (QED) is 0.738. The first-order chi connectivity index (χ1) is 11.5. The Morgan fingerprint density at radius 3 is 2.79 bits per heavy atom. The molecule has 6 heteroatoms. The van der Waals surface area contributed by atoms with Gasteiger partial charge >= 0.3 is 5.97 Å². The van der Waals surface area contributed by atoms with Gasteiger partial charge in [0.05, 0.1) is 18.7 Å². The molecule has 2 atom stereocenters. The van der Waals surface area contributed by atoms with Crippen LogP contribution in [0.2, 0.25) is 0 Å². The molecule has 1 amide bonds. The summed E-state index contributed by atoms with van der Waals surface area (Å²) >= 11 is 1.53. The number of hydrogen-bond donors (Lipinski definition) is 2. The summed E-state index contributed by atoms with van der Waals surface area (Å²) in [6, 6.07) is 0.290. The second kappa shape index (κ2) is 8.62. The van der Waals surface area contributed by atoms with E-state index >= 15 is 0 Å². The maximum absolute atomic E-state index is 12.4. The molecular weight excluding hydrogens is 324 g/mol. The molecule has 0 radical (unpaired) electrons. The molecule has 0 saturated heterocycles. The number of thiophene rings is 1. The van der Waals surface area contributed by atoms with Gasteiger partial charge in [0.15, 0.2) is 0 Å². The third-order valence-electron chi connectivity index (χ3n) is 4.47. The molecule has 0 bridgehead atoms. The second-order valence-electron chi connectivity index (χ2n) is 6.51. The standard InChI is InChI=1S/C18H28N2O3S/c1-5-12(4)19-10-15(21)20-17-16(18(22)23-6-2)13-8-7-11(3)9-14(13)24-17/h11-12,19H,5-10H2,1-4H3,(H,20,21). The molecule has 0 saturated carbocycles. The van der Waals surface area contributed by atoms with Gasteiger partial charge in [-0.1, -0.05) is 13.8 Å². The minimum absolute atomic E-state index is 0.118. The molecule has 134 valence electrons. The van der Waals surface area contributed by atoms with Gasteiger partial charge in [-0.15, -0.1) is 11.3 Å². The molecule has 1 aromatic heterocycles. The predicted molar refractivity (Wildman–Crippen MR) is 97.8 cm³/mol. The summed E-state index contributed by atoms with van der Waals surface area (Å²) in [6.45, 7) is 8.72. The molecule has 5 nitrogen and oxygen atoms in total. The topological polar surface area (TPSA) is 67.4 Å². The van der Waals surface area contributed by atoms with Gasteiger partial charge in [-0.25, -0.2) is 4.79 Å². The van der Waals surface area contributed by atoms with E-state index in [1.165, 1.54) is 16.2 Å². The molecule has 0 fully saturated rings. The van der Waals surface area contributed by atoms with Crippen molar-refractivity contribution in [3.63, 3.8) is 0 Å². The van der Waals surface area contributed by atoms with E-state index in [2.05, 4.69) is 24.5 Å². The van der Waals surface area contributed by atoms with Gasteiger partial charge in [-0.3, -0.25) is 4.79 Å². The molecule has 1 aromatic rings. The molecule has 1 heterocycles. The Kier molecular flexibility index (Phi) is 6.80. The van der Waals surface area contributed by atoms with Crippen LogP contribution in [-0.4, -0.2) is 31.1 Å². The number of anilines is 1. The van der Waals surface area contributed by atoms with Crippen LogP contribution in [0.3, 0.4) is 0 Å². The fourth-order valence-corrected chi connectivity index (χ4v) is 4.26. The Morgan fingerprint density at radius 2 is 2.12 bits per heavy atom. The Bertz CT molecular complexity index is 597. The molecule has 1 aliphatic rings. The van der Waals surface area contributed by atoms with Gasteiger partial charge in [0, 0.05) is 10.9 Å². The summed E-state index contributed by atoms with van der Waals surface area (Å²) < 4.78 is 5.22. The Labute approximate surface area is 148 Å². The van der Waals surface area contributed by atoms with Gasteiger partial charge in [0.25, 0.3) is 0 Å². The van der Waals surface area contributed by atoms with E-state index in [1.54, 1.807) is 6.92 Å². The van der Waals surface area contributed by atoms with Crippen molar-refractivity contribution in [1.29, 1.82) is 0 Å². The van der Waals surface area contributed by atoms with Crippen LogP contribution in [-0.2, 0) is 22.4 Å². The highest BCUT2D eigenvalue weighted by atomic mass is 32.1. The SMILES string of the molecule is CCOC(=O)c1c(NC(=O)CNC(C)CC)sc2c1CCC(C)C2. The van der Waals surface area contributed by atoms with E-state index < -0.39 is 0 Å². The van der Waals surface area contributed by atoms with E-state index in [4.69, 9.17) is 4.74 Å². The molecule has 0 spiro atoms. The van der Waals surface area contributed by atoms with Crippen molar-refractivity contribution in [3.8, 4) is 0 Å². The van der Waals surface area contributed by atoms with Crippen LogP contribution >= 0.6 is 11.3 Å². The lowest BCUT2D eigenvalue weighted by molar-refractivity contribution is -0.115. The van der Waals surface area contributed by atoms with Crippen molar-refractivity contribution in [2.45, 2.75) is 59.4 Å². The van der Waals surface area contributed by atoms with Crippen LogP contribution in [0.25, 0.3) is 0 Å². The summed E-state index contributed by atoms with van der Waals surface area (Å²) in [5, 5.41) is 6.73. The third kappa shape index (κ3) is 4.57. The van der Waals surface area contributed by atoms with Crippen LogP contribution in [0.4, 0.5) is 5.00 Å². The van der Waals surface area contributed by atoms with E-state index in [-0.39, 0.29) is 24.5 Å². The fourth-order valence-electron chi connectivity index (χ4n) is 2.84. The highest BCUT2D eigenvalue weighted by Crippen LogP contribution is 2.40. The number of hydrogen-bond acceptors (Lipinski definition) is 5. The predicted octanol–water partition coefficient (Wildman–Crippen LogP) is 3.38. The minimum atomic E-state index is -0.324. The summed E-state index contributed by atoms with van der Waals surface area (Å²) in [6.07, 6.45) is 3.88. The summed E-state index contributed by atoms with van der Waals surface area (Å²) in [7, 11) is 0. The van der Waals surface area contributed by atoms with Crippen LogP contribution in [0.5, 0.6) is 0 Å². The zero-order valence-corrected chi connectivity index (χ0v) is 15.8. The monoisotopic (exact) mass is 352 g/mol. The number of esters is 1. The van der Waals surface area contributed by atoms with Gasteiger partial charge in [-0.05, 0) is 51.0 Å². The van der Waals surface area contributed by atoms with Crippen LogP contribution in [0.1, 0.15) is 61.3 Å². The average molecular weight is 353 g/mol. The van der Waals surface area contributed by atoms with Crippen LogP contribution in [0, 0.1) is 5.92 Å². The molecule has 24 heavy (non-hydrogen) atoms. The van der Waals surface area contributed by atoms with Crippen molar-refractivity contribution in [2.24, 2.45) is 5.92 Å². The zero-order valence-electron chi connectivity index (χ0n) is 15.0. The van der Waals surface area contributed by atoms with Gasteiger partial charge in [0.2, 0.25) is 5.91 Å². The number of nitrogens with one attached hydrogen (secondary N) is 2. The van der Waals surface area contributed by atoms with Crippen molar-refractivity contribution < 1.29 is 14.3 Å². The van der Waals surface area contributed by atoms with Crippen molar-refractivity contribution in [1.82, 2.24) is 5.32 Å². The third-order valence-corrected chi connectivity index (χ3v) is 5.64. The van der Waals surface area contributed by atoms with Crippen LogP contribution < -0.4 is 10.6 Å². The molecule has 0 aliphatic heterocycles. The largest absolute Gasteiger partial charge is 0.462 e. The molecule has 0 aromatic carbocycles. The van der Waals surface area contributed by atoms with Crippen molar-refractivity contribution in [2.75, 3.05) is 18.5 Å². The summed E-state index contributed by atoms with van der Waals surface area (Å²) in [4.78, 5) is 25.8. The maximum Gasteiger partial charge on any atom is 0.341 e. The first kappa shape index (κ1) is 18.9. The zero-order chi connectivity index (χ0) is 17.7. The molecule has 2 rings (SSSR count). The normalized spacial score (nSPS) is 17.9. The lowest BCUT2D eigenvalue weighted by atomic mass is 9.88. The lowest BCUT2D eigenvalue weighted by Gasteiger charge is -2.18. The Hall–Kier alpha value is -1.40.